The van der Waals surface area contributed by atoms with Gasteiger partial charge >= 0.3 is 5.97 Å². The highest BCUT2D eigenvalue weighted by molar-refractivity contribution is 5.79. The molecule has 0 radical (unpaired) electrons. The van der Waals surface area contributed by atoms with Crippen LogP contribution in [-0.2, 0) is 9.63 Å². The Labute approximate surface area is 99.0 Å². The Morgan fingerprint density at radius 1 is 1.24 bits per heavy atom. The number of carbonyl (C=O) groups is 1. The molecule has 0 aliphatic carbocycles. The van der Waals surface area contributed by atoms with Gasteiger partial charge in [-0.15, -0.1) is 0 Å². The van der Waals surface area contributed by atoms with Crippen LogP contribution in [0, 0.1) is 10.8 Å². The van der Waals surface area contributed by atoms with Gasteiger partial charge in [0.1, 0.15) is 6.04 Å². The van der Waals surface area contributed by atoms with Crippen molar-refractivity contribution < 1.29 is 9.63 Å². The molecular formula is C8H19N7O2. The predicted octanol–water partition coefficient (Wildman–Crippen LogP) is -2.09. The molecule has 0 saturated carbocycles. The van der Waals surface area contributed by atoms with Crippen LogP contribution < -0.4 is 28.0 Å². The molecular weight excluding hydrogens is 226 g/mol. The van der Waals surface area contributed by atoms with Crippen LogP contribution in [0.2, 0.25) is 0 Å². The van der Waals surface area contributed by atoms with Gasteiger partial charge in [-0.05, 0) is 19.3 Å². The fourth-order valence-electron chi connectivity index (χ4n) is 1.01. The lowest BCUT2D eigenvalue weighted by molar-refractivity contribution is -0.149. The lowest BCUT2D eigenvalue weighted by Crippen LogP contribution is -2.40. The third-order valence-corrected chi connectivity index (χ3v) is 1.82. The van der Waals surface area contributed by atoms with Gasteiger partial charge in [-0.1, -0.05) is 0 Å². The Balaban J connectivity index is 3.57. The van der Waals surface area contributed by atoms with Gasteiger partial charge in [0, 0.05) is 6.54 Å². The number of unbranched alkanes of at least 4 members (excludes halogenated alkanes) is 1. The molecule has 9 nitrogen and oxygen atoms in total. The van der Waals surface area contributed by atoms with Crippen LogP contribution in [0.25, 0.3) is 0 Å². The molecule has 0 saturated heterocycles. The molecule has 0 unspecified atom stereocenters. The summed E-state index contributed by atoms with van der Waals surface area (Å²) in [6.45, 7) is 0.558. The van der Waals surface area contributed by atoms with E-state index in [-0.39, 0.29) is 5.96 Å². The first-order valence-corrected chi connectivity index (χ1v) is 5.07. The topological polar surface area (TPSA) is 176 Å². The van der Waals surface area contributed by atoms with E-state index in [2.05, 4.69) is 10.2 Å². The van der Waals surface area contributed by atoms with Crippen molar-refractivity contribution in [3.63, 3.8) is 0 Å². The van der Waals surface area contributed by atoms with Gasteiger partial charge in [0.15, 0.2) is 5.96 Å². The summed E-state index contributed by atoms with van der Waals surface area (Å²) in [5, 5.41) is 16.3. The molecule has 0 aliphatic heterocycles. The molecule has 0 aromatic heterocycles. The first-order valence-electron chi connectivity index (χ1n) is 5.07. The highest BCUT2D eigenvalue weighted by atomic mass is 16.7. The SMILES string of the molecule is N=C(N)NCCCC[C@H](N)C(=O)ONC(=N)N. The number of guanidine groups is 2. The lowest BCUT2D eigenvalue weighted by atomic mass is 10.1. The zero-order valence-electron chi connectivity index (χ0n) is 9.45. The van der Waals surface area contributed by atoms with Crippen LogP contribution in [0.3, 0.4) is 0 Å². The Bertz CT molecular complexity index is 281. The Morgan fingerprint density at radius 2 is 1.88 bits per heavy atom. The minimum Gasteiger partial charge on any atom is -0.370 e. The Morgan fingerprint density at radius 3 is 2.41 bits per heavy atom. The average Bonchev–Trinajstić information content (AvgIpc) is 2.24. The van der Waals surface area contributed by atoms with Crippen LogP contribution in [0.5, 0.6) is 0 Å². The number of nitrogens with two attached hydrogens (primary N) is 3. The average molecular weight is 245 g/mol. The van der Waals surface area contributed by atoms with Gasteiger partial charge < -0.3 is 27.4 Å². The van der Waals surface area contributed by atoms with Crippen molar-refractivity contribution in [1.82, 2.24) is 10.8 Å². The Hall–Kier alpha value is -2.03. The van der Waals surface area contributed by atoms with Crippen molar-refractivity contribution in [3.8, 4) is 0 Å². The van der Waals surface area contributed by atoms with E-state index >= 15 is 0 Å². The van der Waals surface area contributed by atoms with Crippen molar-refractivity contribution in [2.75, 3.05) is 6.54 Å². The van der Waals surface area contributed by atoms with E-state index < -0.39 is 18.0 Å². The number of hydrogen-bond donors (Lipinski definition) is 7. The number of nitrogens with one attached hydrogen (secondary N) is 4. The normalized spacial score (nSPS) is 11.4. The molecule has 98 valence electrons. The highest BCUT2D eigenvalue weighted by Gasteiger charge is 2.15. The van der Waals surface area contributed by atoms with Gasteiger partial charge in [0.2, 0.25) is 5.96 Å². The first-order chi connectivity index (χ1) is 7.93. The van der Waals surface area contributed by atoms with Gasteiger partial charge in [0.25, 0.3) is 0 Å². The third kappa shape index (κ3) is 8.93. The van der Waals surface area contributed by atoms with E-state index in [0.29, 0.717) is 19.4 Å². The van der Waals surface area contributed by atoms with Crippen LogP contribution >= 0.6 is 0 Å². The molecule has 9 heteroatoms. The molecule has 0 bridgehead atoms. The summed E-state index contributed by atoms with van der Waals surface area (Å²) in [6, 6.07) is -0.765. The zero-order chi connectivity index (χ0) is 13.3. The maximum atomic E-state index is 11.2. The maximum absolute atomic E-state index is 11.2. The molecule has 17 heavy (non-hydrogen) atoms. The van der Waals surface area contributed by atoms with E-state index in [9.17, 15) is 4.79 Å². The quantitative estimate of drug-likeness (QED) is 0.121. The summed E-state index contributed by atoms with van der Waals surface area (Å²) >= 11 is 0. The molecule has 0 aromatic carbocycles. The predicted molar refractivity (Wildman–Crippen MR) is 62.9 cm³/mol. The second-order valence-corrected chi connectivity index (χ2v) is 3.38. The Kier molecular flexibility index (Phi) is 7.19. The summed E-state index contributed by atoms with van der Waals surface area (Å²) in [5.74, 6) is -1.21. The molecule has 0 spiro atoms. The second-order valence-electron chi connectivity index (χ2n) is 3.38. The first kappa shape index (κ1) is 15.0. The van der Waals surface area contributed by atoms with E-state index in [1.807, 2.05) is 5.48 Å². The summed E-state index contributed by atoms with van der Waals surface area (Å²) in [6.07, 6.45) is 1.87. The van der Waals surface area contributed by atoms with Crippen LogP contribution in [-0.4, -0.2) is 30.5 Å². The number of hydroxylamine groups is 1. The fraction of sp³-hybridized carbons (Fsp3) is 0.625. The maximum Gasteiger partial charge on any atom is 0.348 e. The zero-order valence-corrected chi connectivity index (χ0v) is 9.45. The van der Waals surface area contributed by atoms with E-state index in [1.54, 1.807) is 0 Å². The number of rotatable bonds is 6. The highest BCUT2D eigenvalue weighted by Crippen LogP contribution is 1.99. The van der Waals surface area contributed by atoms with Crippen LogP contribution in [0.4, 0.5) is 0 Å². The van der Waals surface area contributed by atoms with Gasteiger partial charge in [-0.3, -0.25) is 10.8 Å². The minimum atomic E-state index is -0.765. The molecule has 10 N–H and O–H groups in total. The molecule has 0 aliphatic rings. The lowest BCUT2D eigenvalue weighted by Gasteiger charge is -2.11. The fourth-order valence-corrected chi connectivity index (χ4v) is 1.01. The van der Waals surface area contributed by atoms with Gasteiger partial charge in [-0.2, -0.15) is 5.48 Å². The largest absolute Gasteiger partial charge is 0.370 e. The van der Waals surface area contributed by atoms with Crippen molar-refractivity contribution >= 4 is 17.9 Å². The van der Waals surface area contributed by atoms with Crippen LogP contribution in [0.15, 0.2) is 0 Å². The van der Waals surface area contributed by atoms with Crippen molar-refractivity contribution in [1.29, 1.82) is 10.8 Å². The summed E-state index contributed by atoms with van der Waals surface area (Å²) in [7, 11) is 0. The molecule has 0 heterocycles. The van der Waals surface area contributed by atoms with Crippen molar-refractivity contribution in [3.05, 3.63) is 0 Å². The molecule has 0 aromatic rings. The smallest absolute Gasteiger partial charge is 0.348 e. The van der Waals surface area contributed by atoms with Gasteiger partial charge in [-0.25, -0.2) is 4.79 Å². The molecule has 1 atom stereocenters. The monoisotopic (exact) mass is 245 g/mol. The van der Waals surface area contributed by atoms with E-state index in [4.69, 9.17) is 28.0 Å². The number of carbonyl (C=O) groups excluding carboxylic acids is 1. The standard InChI is InChI=1S/C8H19N7O2/c9-5(6(16)17-15-8(12)13)3-1-2-4-14-7(10)11/h5H,1-4,9H2,(H4,10,11,14)(H4,12,13,15)/t5-/m0/s1. The second kappa shape index (κ2) is 8.16. The van der Waals surface area contributed by atoms with Crippen LogP contribution in [0.1, 0.15) is 19.3 Å². The number of hydrogen-bond acceptors (Lipinski definition) is 5. The third-order valence-electron chi connectivity index (χ3n) is 1.82. The van der Waals surface area contributed by atoms with E-state index in [0.717, 1.165) is 6.42 Å². The molecule has 0 rings (SSSR count). The van der Waals surface area contributed by atoms with Gasteiger partial charge in [0.05, 0.1) is 0 Å². The van der Waals surface area contributed by atoms with E-state index in [1.165, 1.54) is 0 Å². The van der Waals surface area contributed by atoms with Crippen molar-refractivity contribution in [2.24, 2.45) is 17.2 Å². The summed E-state index contributed by atoms with van der Waals surface area (Å²) < 4.78 is 0. The summed E-state index contributed by atoms with van der Waals surface area (Å²) in [5.41, 5.74) is 17.5. The molecule has 0 amide bonds. The van der Waals surface area contributed by atoms with Crippen molar-refractivity contribution in [2.45, 2.75) is 25.3 Å². The summed E-state index contributed by atoms with van der Waals surface area (Å²) in [4.78, 5) is 15.6. The molecule has 0 fully saturated rings. The minimum absolute atomic E-state index is 0.0839.